The molecule has 1 saturated carbocycles. The molecule has 0 aromatic carbocycles. The predicted molar refractivity (Wildman–Crippen MR) is 73.6 cm³/mol. The Labute approximate surface area is 110 Å². The average molecular weight is 253 g/mol. The fraction of sp³-hybridized carbons (Fsp3) is 0.929. The first kappa shape index (κ1) is 13.7. The van der Waals surface area contributed by atoms with E-state index in [-0.39, 0.29) is 12.1 Å². The van der Waals surface area contributed by atoms with Gasteiger partial charge in [-0.2, -0.15) is 0 Å². The molecule has 2 fully saturated rings. The Morgan fingerprint density at radius 2 is 1.72 bits per heavy atom. The highest BCUT2D eigenvalue weighted by molar-refractivity contribution is 5.74. The van der Waals surface area contributed by atoms with Crippen molar-refractivity contribution in [1.82, 2.24) is 15.5 Å². The second-order valence-corrected chi connectivity index (χ2v) is 6.19. The van der Waals surface area contributed by atoms with Crippen LogP contribution in [0.1, 0.15) is 46.5 Å². The number of piperidine rings is 1. The minimum absolute atomic E-state index is 0.000993. The number of carbonyl (C=O) groups is 1. The lowest BCUT2D eigenvalue weighted by molar-refractivity contribution is 0.184. The van der Waals surface area contributed by atoms with Crippen LogP contribution in [0.5, 0.6) is 0 Å². The highest BCUT2D eigenvalue weighted by atomic mass is 16.2. The largest absolute Gasteiger partial charge is 0.335 e. The number of likely N-dealkylation sites (tertiary alicyclic amines) is 1. The maximum Gasteiger partial charge on any atom is 0.315 e. The number of hydrogen-bond acceptors (Lipinski definition) is 2. The summed E-state index contributed by atoms with van der Waals surface area (Å²) in [5, 5.41) is 6.12. The first-order valence-electron chi connectivity index (χ1n) is 7.37. The molecular weight excluding hydrogens is 226 g/mol. The van der Waals surface area contributed by atoms with Crippen molar-refractivity contribution in [3.63, 3.8) is 0 Å². The second-order valence-electron chi connectivity index (χ2n) is 6.19. The number of nitrogens with one attached hydrogen (secondary N) is 2. The van der Waals surface area contributed by atoms with E-state index < -0.39 is 0 Å². The summed E-state index contributed by atoms with van der Waals surface area (Å²) >= 11 is 0. The van der Waals surface area contributed by atoms with Gasteiger partial charge in [0.1, 0.15) is 0 Å². The molecule has 4 nitrogen and oxygen atoms in total. The maximum atomic E-state index is 11.8. The van der Waals surface area contributed by atoms with Gasteiger partial charge in [-0.1, -0.05) is 13.8 Å². The quantitative estimate of drug-likeness (QED) is 0.804. The molecule has 0 aromatic heterocycles. The first-order valence-corrected chi connectivity index (χ1v) is 7.37. The van der Waals surface area contributed by atoms with E-state index in [1.165, 1.54) is 12.8 Å². The normalized spacial score (nSPS) is 24.0. The van der Waals surface area contributed by atoms with E-state index in [0.29, 0.717) is 12.0 Å². The fourth-order valence-electron chi connectivity index (χ4n) is 2.45. The fourth-order valence-corrected chi connectivity index (χ4v) is 2.45. The van der Waals surface area contributed by atoms with Crippen molar-refractivity contribution in [2.24, 2.45) is 5.92 Å². The Balaban J connectivity index is 1.65. The van der Waals surface area contributed by atoms with Gasteiger partial charge < -0.3 is 15.5 Å². The molecule has 0 spiro atoms. The first-order chi connectivity index (χ1) is 8.56. The molecular formula is C14H27N3O. The van der Waals surface area contributed by atoms with Gasteiger partial charge in [0, 0.05) is 31.2 Å². The van der Waals surface area contributed by atoms with E-state index in [9.17, 15) is 4.79 Å². The van der Waals surface area contributed by atoms with Crippen LogP contribution in [0.4, 0.5) is 4.79 Å². The van der Waals surface area contributed by atoms with Crippen LogP contribution in [-0.4, -0.2) is 42.1 Å². The van der Waals surface area contributed by atoms with Gasteiger partial charge >= 0.3 is 6.03 Å². The van der Waals surface area contributed by atoms with Gasteiger partial charge in [0.25, 0.3) is 0 Å². The van der Waals surface area contributed by atoms with Gasteiger partial charge in [-0.05, 0) is 38.5 Å². The third kappa shape index (κ3) is 3.87. The number of carbonyl (C=O) groups excluding carboxylic acids is 1. The summed E-state index contributed by atoms with van der Waals surface area (Å²) in [5.41, 5.74) is 0. The molecule has 104 valence electrons. The van der Waals surface area contributed by atoms with Crippen molar-refractivity contribution in [3.05, 3.63) is 0 Å². The van der Waals surface area contributed by atoms with Crippen LogP contribution in [0.15, 0.2) is 0 Å². The van der Waals surface area contributed by atoms with Crippen LogP contribution in [0.2, 0.25) is 0 Å². The average Bonchev–Trinajstić information content (AvgIpc) is 3.13. The highest BCUT2D eigenvalue weighted by Gasteiger charge is 2.32. The van der Waals surface area contributed by atoms with Crippen LogP contribution in [-0.2, 0) is 0 Å². The Hall–Kier alpha value is -0.770. The SMILES string of the molecule is CC(C)C(C)NC(=O)NC1CCN(C2CC2)CC1. The minimum atomic E-state index is 0.000993. The summed E-state index contributed by atoms with van der Waals surface area (Å²) in [4.78, 5) is 14.4. The lowest BCUT2D eigenvalue weighted by Crippen LogP contribution is -2.50. The molecule has 1 aliphatic heterocycles. The molecule has 2 amide bonds. The lowest BCUT2D eigenvalue weighted by Gasteiger charge is -2.32. The topological polar surface area (TPSA) is 44.4 Å². The molecule has 1 atom stereocenters. The van der Waals surface area contributed by atoms with Gasteiger partial charge in [-0.3, -0.25) is 0 Å². The van der Waals surface area contributed by atoms with Gasteiger partial charge in [-0.15, -0.1) is 0 Å². The summed E-state index contributed by atoms with van der Waals surface area (Å²) in [5.74, 6) is 0.479. The number of urea groups is 1. The van der Waals surface area contributed by atoms with Crippen LogP contribution in [0, 0.1) is 5.92 Å². The van der Waals surface area contributed by atoms with Crippen molar-refractivity contribution < 1.29 is 4.79 Å². The highest BCUT2D eigenvalue weighted by Crippen LogP contribution is 2.29. The van der Waals surface area contributed by atoms with Crippen LogP contribution < -0.4 is 10.6 Å². The molecule has 18 heavy (non-hydrogen) atoms. The van der Waals surface area contributed by atoms with E-state index in [2.05, 4.69) is 36.3 Å². The zero-order valence-electron chi connectivity index (χ0n) is 11.9. The molecule has 1 saturated heterocycles. The number of hydrogen-bond donors (Lipinski definition) is 2. The van der Waals surface area contributed by atoms with Crippen molar-refractivity contribution in [2.45, 2.75) is 64.6 Å². The predicted octanol–water partition coefficient (Wildman–Crippen LogP) is 1.96. The number of rotatable bonds is 4. The third-order valence-electron chi connectivity index (χ3n) is 4.29. The molecule has 0 aromatic rings. The molecule has 2 N–H and O–H groups in total. The van der Waals surface area contributed by atoms with E-state index in [0.717, 1.165) is 32.0 Å². The summed E-state index contributed by atoms with van der Waals surface area (Å²) in [6, 6.07) is 1.46. The summed E-state index contributed by atoms with van der Waals surface area (Å²) in [6.07, 6.45) is 4.95. The Morgan fingerprint density at radius 3 is 2.22 bits per heavy atom. The van der Waals surface area contributed by atoms with Gasteiger partial charge in [0.2, 0.25) is 0 Å². The maximum absolute atomic E-state index is 11.8. The monoisotopic (exact) mass is 253 g/mol. The van der Waals surface area contributed by atoms with E-state index >= 15 is 0 Å². The summed E-state index contributed by atoms with van der Waals surface area (Å²) in [6.45, 7) is 8.60. The molecule has 1 unspecified atom stereocenters. The standard InChI is InChI=1S/C14H27N3O/c1-10(2)11(3)15-14(18)16-12-6-8-17(9-7-12)13-4-5-13/h10-13H,4-9H2,1-3H3,(H2,15,16,18). The Bertz CT molecular complexity index is 281. The molecule has 0 bridgehead atoms. The zero-order valence-corrected chi connectivity index (χ0v) is 11.9. The van der Waals surface area contributed by atoms with Crippen molar-refractivity contribution in [1.29, 1.82) is 0 Å². The molecule has 4 heteroatoms. The van der Waals surface area contributed by atoms with Crippen LogP contribution in [0.25, 0.3) is 0 Å². The van der Waals surface area contributed by atoms with Gasteiger partial charge in [0.05, 0.1) is 0 Å². The molecule has 2 aliphatic rings. The van der Waals surface area contributed by atoms with E-state index in [1.54, 1.807) is 0 Å². The van der Waals surface area contributed by atoms with Crippen molar-refractivity contribution >= 4 is 6.03 Å². The number of amides is 2. The van der Waals surface area contributed by atoms with Gasteiger partial charge in [0.15, 0.2) is 0 Å². The molecule has 2 rings (SSSR count). The van der Waals surface area contributed by atoms with Crippen LogP contribution in [0.3, 0.4) is 0 Å². The third-order valence-corrected chi connectivity index (χ3v) is 4.29. The lowest BCUT2D eigenvalue weighted by atomic mass is 10.0. The Kier molecular flexibility index (Phi) is 4.49. The summed E-state index contributed by atoms with van der Waals surface area (Å²) < 4.78 is 0. The van der Waals surface area contributed by atoms with Gasteiger partial charge in [-0.25, -0.2) is 4.79 Å². The van der Waals surface area contributed by atoms with E-state index in [4.69, 9.17) is 0 Å². The van der Waals surface area contributed by atoms with Crippen LogP contribution >= 0.6 is 0 Å². The number of nitrogens with zero attached hydrogens (tertiary/aromatic N) is 1. The molecule has 0 radical (unpaired) electrons. The molecule has 1 heterocycles. The smallest absolute Gasteiger partial charge is 0.315 e. The summed E-state index contributed by atoms with van der Waals surface area (Å²) in [7, 11) is 0. The second kappa shape index (κ2) is 5.91. The van der Waals surface area contributed by atoms with E-state index in [1.807, 2.05) is 0 Å². The van der Waals surface area contributed by atoms with Crippen molar-refractivity contribution in [3.8, 4) is 0 Å². The van der Waals surface area contributed by atoms with Crippen molar-refractivity contribution in [2.75, 3.05) is 13.1 Å². The minimum Gasteiger partial charge on any atom is -0.335 e. The zero-order chi connectivity index (χ0) is 13.1. The molecule has 1 aliphatic carbocycles. The Morgan fingerprint density at radius 1 is 1.11 bits per heavy atom.